The highest BCUT2D eigenvalue weighted by Gasteiger charge is 2.52. The van der Waals surface area contributed by atoms with Crippen LogP contribution in [-0.2, 0) is 11.3 Å². The topological polar surface area (TPSA) is 42.4 Å². The lowest BCUT2D eigenvalue weighted by molar-refractivity contribution is -0.120. The smallest absolute Gasteiger partial charge is 0.231 e. The highest BCUT2D eigenvalue weighted by Crippen LogP contribution is 2.55. The van der Waals surface area contributed by atoms with E-state index in [1.54, 1.807) is 12.0 Å². The lowest BCUT2D eigenvalue weighted by atomic mass is 10.1. The highest BCUT2D eigenvalue weighted by atomic mass is 79.9. The van der Waals surface area contributed by atoms with Gasteiger partial charge in [-0.1, -0.05) is 12.1 Å². The molecule has 1 aliphatic carbocycles. The molecule has 118 valence electrons. The van der Waals surface area contributed by atoms with Crippen LogP contribution < -0.4 is 9.64 Å². The van der Waals surface area contributed by atoms with Crippen LogP contribution in [0.3, 0.4) is 0 Å². The molecule has 0 unspecified atom stereocenters. The fourth-order valence-corrected chi connectivity index (χ4v) is 3.43. The minimum atomic E-state index is -0.449. The predicted octanol–water partition coefficient (Wildman–Crippen LogP) is 3.64. The van der Waals surface area contributed by atoms with Gasteiger partial charge in [0, 0.05) is 17.9 Å². The summed E-state index contributed by atoms with van der Waals surface area (Å²) in [6.45, 7) is 0.405. The molecule has 1 aromatic carbocycles. The van der Waals surface area contributed by atoms with E-state index in [2.05, 4.69) is 20.9 Å². The summed E-state index contributed by atoms with van der Waals surface area (Å²) in [5.74, 6) is 0.502. The highest BCUT2D eigenvalue weighted by molar-refractivity contribution is 9.10. The maximum Gasteiger partial charge on any atom is 0.231 e. The number of methoxy groups -OCH3 is 1. The van der Waals surface area contributed by atoms with Gasteiger partial charge in [0.1, 0.15) is 10.4 Å². The molecule has 1 saturated carbocycles. The van der Waals surface area contributed by atoms with E-state index in [0.29, 0.717) is 12.2 Å². The molecular formula is C17H14BrFN2O2. The molecule has 0 saturated heterocycles. The number of aromatic nitrogens is 1. The zero-order chi connectivity index (χ0) is 16.1. The van der Waals surface area contributed by atoms with Gasteiger partial charge in [-0.15, -0.1) is 0 Å². The standard InChI is InChI=1S/C17H14BrFN2O2/c1-23-10-4-2-9(3-5-10)8-21-14-7-13(19)16(18)20-15(14)11-6-12(11)17(21)22/h2-5,7,11-12H,6,8H2,1H3/t11-,12+/m0/s1. The summed E-state index contributed by atoms with van der Waals surface area (Å²) < 4.78 is 19.3. The van der Waals surface area contributed by atoms with Crippen LogP contribution >= 0.6 is 15.9 Å². The summed E-state index contributed by atoms with van der Waals surface area (Å²) in [6.07, 6.45) is 0.802. The van der Waals surface area contributed by atoms with Crippen molar-refractivity contribution in [2.45, 2.75) is 18.9 Å². The van der Waals surface area contributed by atoms with E-state index in [1.165, 1.54) is 6.07 Å². The van der Waals surface area contributed by atoms with E-state index in [4.69, 9.17) is 4.74 Å². The number of pyridine rings is 1. The first-order chi connectivity index (χ1) is 11.1. The molecule has 1 aliphatic heterocycles. The van der Waals surface area contributed by atoms with Gasteiger partial charge < -0.3 is 9.64 Å². The second-order valence-electron chi connectivity index (χ2n) is 5.89. The van der Waals surface area contributed by atoms with E-state index >= 15 is 0 Å². The molecule has 2 aromatic rings. The predicted molar refractivity (Wildman–Crippen MR) is 86.9 cm³/mol. The monoisotopic (exact) mass is 376 g/mol. The summed E-state index contributed by atoms with van der Waals surface area (Å²) >= 11 is 3.13. The number of anilines is 1. The van der Waals surface area contributed by atoms with Crippen molar-refractivity contribution in [2.75, 3.05) is 12.0 Å². The number of carbonyl (C=O) groups excluding carboxylic acids is 1. The number of nitrogens with zero attached hydrogens (tertiary/aromatic N) is 2. The molecule has 2 atom stereocenters. The van der Waals surface area contributed by atoms with E-state index in [-0.39, 0.29) is 22.3 Å². The van der Waals surface area contributed by atoms with Gasteiger partial charge in [0.15, 0.2) is 5.82 Å². The lowest BCUT2D eigenvalue weighted by Crippen LogP contribution is -2.35. The van der Waals surface area contributed by atoms with Crippen LogP contribution in [0.15, 0.2) is 34.9 Å². The van der Waals surface area contributed by atoms with Gasteiger partial charge in [-0.05, 0) is 40.0 Å². The molecule has 6 heteroatoms. The molecule has 2 aliphatic rings. The van der Waals surface area contributed by atoms with Crippen LogP contribution in [0, 0.1) is 11.7 Å². The zero-order valence-electron chi connectivity index (χ0n) is 12.4. The maximum absolute atomic E-state index is 13.9. The number of hydrogen-bond donors (Lipinski definition) is 0. The Balaban J connectivity index is 1.71. The van der Waals surface area contributed by atoms with Gasteiger partial charge >= 0.3 is 0 Å². The summed E-state index contributed by atoms with van der Waals surface area (Å²) in [5.41, 5.74) is 2.37. The molecule has 1 aromatic heterocycles. The molecular weight excluding hydrogens is 363 g/mol. The molecule has 0 spiro atoms. The number of fused-ring (bicyclic) bond motifs is 3. The molecule has 0 N–H and O–H groups in total. The van der Waals surface area contributed by atoms with Crippen molar-refractivity contribution in [1.29, 1.82) is 0 Å². The number of ether oxygens (including phenoxy) is 1. The van der Waals surface area contributed by atoms with Gasteiger partial charge in [0.05, 0.1) is 25.0 Å². The number of amides is 1. The summed E-state index contributed by atoms with van der Waals surface area (Å²) in [4.78, 5) is 18.6. The van der Waals surface area contributed by atoms with Gasteiger partial charge in [0.2, 0.25) is 5.91 Å². The molecule has 0 bridgehead atoms. The minimum Gasteiger partial charge on any atom is -0.497 e. The van der Waals surface area contributed by atoms with E-state index < -0.39 is 5.82 Å². The SMILES string of the molecule is COc1ccc(CN2C(=O)[C@@H]3C[C@@H]3c3nc(Br)c(F)cc32)cc1. The summed E-state index contributed by atoms with van der Waals surface area (Å²) in [6, 6.07) is 8.93. The van der Waals surface area contributed by atoms with Crippen molar-refractivity contribution < 1.29 is 13.9 Å². The van der Waals surface area contributed by atoms with Crippen molar-refractivity contribution in [3.63, 3.8) is 0 Å². The zero-order valence-corrected chi connectivity index (χ0v) is 14.0. The number of carbonyl (C=O) groups is 1. The third-order valence-electron chi connectivity index (χ3n) is 4.46. The second-order valence-corrected chi connectivity index (χ2v) is 6.64. The van der Waals surface area contributed by atoms with Crippen molar-refractivity contribution in [1.82, 2.24) is 4.98 Å². The average molecular weight is 377 g/mol. The van der Waals surface area contributed by atoms with Crippen LogP contribution in [-0.4, -0.2) is 18.0 Å². The van der Waals surface area contributed by atoms with Crippen molar-refractivity contribution >= 4 is 27.5 Å². The van der Waals surface area contributed by atoms with Crippen LogP contribution in [0.5, 0.6) is 5.75 Å². The third-order valence-corrected chi connectivity index (χ3v) is 5.01. The van der Waals surface area contributed by atoms with Crippen LogP contribution in [0.25, 0.3) is 0 Å². The molecule has 4 rings (SSSR count). The molecule has 4 nitrogen and oxygen atoms in total. The van der Waals surface area contributed by atoms with Gasteiger partial charge in [-0.2, -0.15) is 0 Å². The van der Waals surface area contributed by atoms with E-state index in [9.17, 15) is 9.18 Å². The Morgan fingerprint density at radius 2 is 2.09 bits per heavy atom. The molecule has 0 radical (unpaired) electrons. The number of halogens is 2. The second kappa shape index (κ2) is 5.30. The number of benzene rings is 1. The summed E-state index contributed by atoms with van der Waals surface area (Å²) in [5, 5.41) is 0. The Hall–Kier alpha value is -1.95. The quantitative estimate of drug-likeness (QED) is 0.767. The van der Waals surface area contributed by atoms with Crippen molar-refractivity contribution in [2.24, 2.45) is 5.92 Å². The Kier molecular flexibility index (Phi) is 3.37. The van der Waals surface area contributed by atoms with Crippen LogP contribution in [0.4, 0.5) is 10.1 Å². The molecule has 1 amide bonds. The maximum atomic E-state index is 13.9. The Morgan fingerprint density at radius 3 is 2.78 bits per heavy atom. The third kappa shape index (κ3) is 2.41. The van der Waals surface area contributed by atoms with Gasteiger partial charge in [-0.3, -0.25) is 4.79 Å². The van der Waals surface area contributed by atoms with Crippen LogP contribution in [0.2, 0.25) is 0 Å². The van der Waals surface area contributed by atoms with E-state index in [1.807, 2.05) is 24.3 Å². The fourth-order valence-electron chi connectivity index (χ4n) is 3.12. The number of rotatable bonds is 3. The minimum absolute atomic E-state index is 0.00869. The Morgan fingerprint density at radius 1 is 1.35 bits per heavy atom. The first-order valence-corrected chi connectivity index (χ1v) is 8.18. The largest absolute Gasteiger partial charge is 0.497 e. The molecule has 2 heterocycles. The average Bonchev–Trinajstić information content (AvgIpc) is 3.35. The summed E-state index contributed by atoms with van der Waals surface area (Å²) in [7, 11) is 1.61. The molecule has 23 heavy (non-hydrogen) atoms. The lowest BCUT2D eigenvalue weighted by Gasteiger charge is -2.28. The van der Waals surface area contributed by atoms with E-state index in [0.717, 1.165) is 23.4 Å². The van der Waals surface area contributed by atoms with Gasteiger partial charge in [-0.25, -0.2) is 9.37 Å². The normalized spacial score (nSPS) is 21.7. The number of hydrogen-bond acceptors (Lipinski definition) is 3. The first-order valence-electron chi connectivity index (χ1n) is 7.38. The Labute approximate surface area is 141 Å². The first kappa shape index (κ1) is 14.6. The van der Waals surface area contributed by atoms with Crippen LogP contribution in [0.1, 0.15) is 23.6 Å². The fraction of sp³-hybridized carbons (Fsp3) is 0.294. The van der Waals surface area contributed by atoms with Crippen molar-refractivity contribution in [3.8, 4) is 5.75 Å². The molecule has 1 fully saturated rings. The Bertz CT molecular complexity index is 794. The van der Waals surface area contributed by atoms with Crippen molar-refractivity contribution in [3.05, 3.63) is 52.0 Å². The van der Waals surface area contributed by atoms with Gasteiger partial charge in [0.25, 0.3) is 0 Å².